The van der Waals surface area contributed by atoms with Crippen LogP contribution < -0.4 is 5.32 Å². The quantitative estimate of drug-likeness (QED) is 0.266. The molecule has 0 aromatic carbocycles. The SMILES string of the molecule is C=CCOC(=O)C=C1CC(NC(=O)OC(C)(C)C)(C(=O)OCC)C2C(C(=O)OCC)C12. The number of esters is 3. The minimum atomic E-state index is -1.55. The lowest BCUT2D eigenvalue weighted by Gasteiger charge is -2.32. The molecular formula is C22H31NO8. The molecule has 4 atom stereocenters. The number of alkyl carbamates (subject to hydrolysis) is 1. The molecular weight excluding hydrogens is 406 g/mol. The maximum Gasteiger partial charge on any atom is 0.408 e. The molecule has 1 N–H and O–H groups in total. The third kappa shape index (κ3) is 5.45. The van der Waals surface area contributed by atoms with Crippen molar-refractivity contribution in [1.82, 2.24) is 5.32 Å². The zero-order valence-electron chi connectivity index (χ0n) is 18.7. The van der Waals surface area contributed by atoms with Gasteiger partial charge in [0.05, 0.1) is 19.1 Å². The molecule has 4 unspecified atom stereocenters. The lowest BCUT2D eigenvalue weighted by atomic mass is 9.88. The van der Waals surface area contributed by atoms with Crippen LogP contribution in [0, 0.1) is 17.8 Å². The van der Waals surface area contributed by atoms with Crippen molar-refractivity contribution in [2.24, 2.45) is 17.8 Å². The minimum Gasteiger partial charge on any atom is -0.466 e. The Morgan fingerprint density at radius 3 is 2.32 bits per heavy atom. The average Bonchev–Trinajstić information content (AvgIpc) is 3.33. The highest BCUT2D eigenvalue weighted by atomic mass is 16.6. The highest BCUT2D eigenvalue weighted by Gasteiger charge is 2.75. The summed E-state index contributed by atoms with van der Waals surface area (Å²) >= 11 is 0. The zero-order valence-corrected chi connectivity index (χ0v) is 18.7. The van der Waals surface area contributed by atoms with E-state index in [2.05, 4.69) is 11.9 Å². The largest absolute Gasteiger partial charge is 0.466 e. The number of hydrogen-bond donors (Lipinski definition) is 1. The first-order valence-corrected chi connectivity index (χ1v) is 10.3. The molecule has 0 aliphatic heterocycles. The summed E-state index contributed by atoms with van der Waals surface area (Å²) in [5, 5.41) is 2.65. The van der Waals surface area contributed by atoms with Gasteiger partial charge in [-0.25, -0.2) is 14.4 Å². The molecule has 1 amide bonds. The third-order valence-electron chi connectivity index (χ3n) is 5.07. The van der Waals surface area contributed by atoms with Crippen LogP contribution in [0.4, 0.5) is 4.79 Å². The number of carbonyl (C=O) groups is 4. The topological polar surface area (TPSA) is 117 Å². The van der Waals surface area contributed by atoms with Gasteiger partial charge in [0.2, 0.25) is 0 Å². The number of ether oxygens (including phenoxy) is 4. The normalized spacial score (nSPS) is 27.6. The number of carbonyl (C=O) groups excluding carboxylic acids is 4. The first-order valence-electron chi connectivity index (χ1n) is 10.3. The van der Waals surface area contributed by atoms with Gasteiger partial charge in [-0.2, -0.15) is 0 Å². The summed E-state index contributed by atoms with van der Waals surface area (Å²) in [6, 6.07) is 0. The summed E-state index contributed by atoms with van der Waals surface area (Å²) in [5.41, 5.74) is -1.83. The highest BCUT2D eigenvalue weighted by Crippen LogP contribution is 2.65. The summed E-state index contributed by atoms with van der Waals surface area (Å²) in [4.78, 5) is 50.3. The second kappa shape index (κ2) is 9.53. The minimum absolute atomic E-state index is 0.000492. The van der Waals surface area contributed by atoms with Gasteiger partial charge in [0.1, 0.15) is 17.7 Å². The standard InChI is InChI=1S/C22H31NO8/c1-7-10-30-14(24)11-13-12-22(19(26)29-9-3,23-20(27)31-21(4,5)6)17-15(13)16(17)18(25)28-8-2/h7,11,15-17H,1,8-10,12H2,2-6H3,(H,23,27). The maximum absolute atomic E-state index is 13.0. The fourth-order valence-electron chi connectivity index (χ4n) is 4.09. The number of amides is 1. The first kappa shape index (κ1) is 24.4. The number of hydrogen-bond acceptors (Lipinski definition) is 8. The second-order valence-electron chi connectivity index (χ2n) is 8.46. The van der Waals surface area contributed by atoms with E-state index in [1.54, 1.807) is 34.6 Å². The molecule has 2 aliphatic carbocycles. The van der Waals surface area contributed by atoms with Gasteiger partial charge in [0, 0.05) is 24.3 Å². The number of rotatable bonds is 8. The predicted molar refractivity (Wildman–Crippen MR) is 110 cm³/mol. The Hall–Kier alpha value is -2.84. The maximum atomic E-state index is 13.0. The zero-order chi connectivity index (χ0) is 23.4. The summed E-state index contributed by atoms with van der Waals surface area (Å²) in [6.45, 7) is 12.2. The Morgan fingerprint density at radius 2 is 1.77 bits per heavy atom. The first-order chi connectivity index (χ1) is 14.5. The second-order valence-corrected chi connectivity index (χ2v) is 8.46. The van der Waals surface area contributed by atoms with Gasteiger partial charge in [-0.15, -0.1) is 0 Å². The van der Waals surface area contributed by atoms with Crippen LogP contribution in [-0.4, -0.2) is 55.0 Å². The lowest BCUT2D eigenvalue weighted by Crippen LogP contribution is -2.57. The van der Waals surface area contributed by atoms with Crippen LogP contribution in [0.25, 0.3) is 0 Å². The van der Waals surface area contributed by atoms with Gasteiger partial charge in [0.15, 0.2) is 0 Å². The van der Waals surface area contributed by atoms with Gasteiger partial charge in [-0.05, 0) is 34.6 Å². The van der Waals surface area contributed by atoms with E-state index in [0.29, 0.717) is 5.57 Å². The van der Waals surface area contributed by atoms with E-state index in [1.807, 2.05) is 0 Å². The van der Waals surface area contributed by atoms with Crippen LogP contribution in [0.2, 0.25) is 0 Å². The molecule has 0 heterocycles. The average molecular weight is 437 g/mol. The molecule has 2 saturated carbocycles. The Labute approximate surface area is 182 Å². The Bertz CT molecular complexity index is 781. The van der Waals surface area contributed by atoms with Crippen molar-refractivity contribution >= 4 is 24.0 Å². The molecule has 2 aliphatic rings. The summed E-state index contributed by atoms with van der Waals surface area (Å²) in [7, 11) is 0. The molecule has 0 bridgehead atoms. The van der Waals surface area contributed by atoms with Crippen molar-refractivity contribution in [2.75, 3.05) is 19.8 Å². The lowest BCUT2D eigenvalue weighted by molar-refractivity contribution is -0.153. The van der Waals surface area contributed by atoms with E-state index in [9.17, 15) is 19.2 Å². The fraction of sp³-hybridized carbons (Fsp3) is 0.636. The number of nitrogens with one attached hydrogen (secondary N) is 1. The van der Waals surface area contributed by atoms with E-state index >= 15 is 0 Å². The van der Waals surface area contributed by atoms with Gasteiger partial charge >= 0.3 is 24.0 Å². The van der Waals surface area contributed by atoms with Gasteiger partial charge in [-0.1, -0.05) is 18.2 Å². The van der Waals surface area contributed by atoms with Crippen LogP contribution in [0.5, 0.6) is 0 Å². The van der Waals surface area contributed by atoms with Gasteiger partial charge in [-0.3, -0.25) is 4.79 Å². The smallest absolute Gasteiger partial charge is 0.408 e. The molecule has 0 saturated heterocycles. The van der Waals surface area contributed by atoms with Crippen molar-refractivity contribution in [3.8, 4) is 0 Å². The van der Waals surface area contributed by atoms with Crippen LogP contribution >= 0.6 is 0 Å². The highest BCUT2D eigenvalue weighted by molar-refractivity contribution is 5.93. The Morgan fingerprint density at radius 1 is 1.13 bits per heavy atom. The molecule has 0 radical (unpaired) electrons. The molecule has 0 spiro atoms. The van der Waals surface area contributed by atoms with Crippen LogP contribution in [-0.2, 0) is 33.3 Å². The molecule has 9 heteroatoms. The van der Waals surface area contributed by atoms with Crippen molar-refractivity contribution < 1.29 is 38.1 Å². The van der Waals surface area contributed by atoms with Gasteiger partial charge < -0.3 is 24.3 Å². The van der Waals surface area contributed by atoms with Gasteiger partial charge in [0.25, 0.3) is 0 Å². The molecule has 2 fully saturated rings. The fourth-order valence-corrected chi connectivity index (χ4v) is 4.09. The van der Waals surface area contributed by atoms with E-state index in [1.165, 1.54) is 12.2 Å². The molecule has 0 aromatic heterocycles. The van der Waals surface area contributed by atoms with Crippen LogP contribution in [0.15, 0.2) is 24.3 Å². The van der Waals surface area contributed by atoms with E-state index in [-0.39, 0.29) is 26.2 Å². The predicted octanol–water partition coefficient (Wildman–Crippen LogP) is 2.30. The molecule has 31 heavy (non-hydrogen) atoms. The third-order valence-corrected chi connectivity index (χ3v) is 5.07. The monoisotopic (exact) mass is 437 g/mol. The van der Waals surface area contributed by atoms with Crippen molar-refractivity contribution in [3.05, 3.63) is 24.3 Å². The van der Waals surface area contributed by atoms with Crippen molar-refractivity contribution in [2.45, 2.75) is 52.2 Å². The Kier molecular flexibility index (Phi) is 7.51. The number of fused-ring (bicyclic) bond motifs is 1. The molecule has 2 rings (SSSR count). The molecule has 172 valence electrons. The van der Waals surface area contributed by atoms with Crippen LogP contribution in [0.1, 0.15) is 41.0 Å². The summed E-state index contributed by atoms with van der Waals surface area (Å²) < 4.78 is 20.7. The van der Waals surface area contributed by atoms with E-state index in [0.717, 1.165) is 0 Å². The molecule has 9 nitrogen and oxygen atoms in total. The van der Waals surface area contributed by atoms with E-state index in [4.69, 9.17) is 18.9 Å². The summed E-state index contributed by atoms with van der Waals surface area (Å²) in [5.74, 6) is -3.56. The Balaban J connectivity index is 2.42. The van der Waals surface area contributed by atoms with E-state index < -0.39 is 52.9 Å². The molecule has 0 aromatic rings. The van der Waals surface area contributed by atoms with Crippen LogP contribution in [0.3, 0.4) is 0 Å². The van der Waals surface area contributed by atoms with Crippen molar-refractivity contribution in [3.63, 3.8) is 0 Å². The summed E-state index contributed by atoms with van der Waals surface area (Å²) in [6.07, 6.45) is 1.88. The van der Waals surface area contributed by atoms with Crippen molar-refractivity contribution in [1.29, 1.82) is 0 Å².